The summed E-state index contributed by atoms with van der Waals surface area (Å²) in [5, 5.41) is 0. The smallest absolute Gasteiger partial charge is 0.0629 e. The molecule has 1 unspecified atom stereocenters. The molecule has 1 aliphatic heterocycles. The van der Waals surface area contributed by atoms with Crippen LogP contribution in [0.3, 0.4) is 0 Å². The molecule has 2 heteroatoms. The van der Waals surface area contributed by atoms with Crippen molar-refractivity contribution in [2.24, 2.45) is 4.99 Å². The minimum Gasteiger partial charge on any atom is -0.366 e. The lowest BCUT2D eigenvalue weighted by Crippen LogP contribution is -2.48. The van der Waals surface area contributed by atoms with Crippen LogP contribution in [0.25, 0.3) is 0 Å². The molecule has 0 N–H and O–H groups in total. The molecule has 0 saturated heterocycles. The Bertz CT molecular complexity index is 744. The van der Waals surface area contributed by atoms with E-state index in [1.54, 1.807) is 0 Å². The highest BCUT2D eigenvalue weighted by Gasteiger charge is 2.35. The Hall–Kier alpha value is -2.09. The molecule has 0 amide bonds. The summed E-state index contributed by atoms with van der Waals surface area (Å²) in [5.74, 6) is 0.572. The lowest BCUT2D eigenvalue weighted by Gasteiger charge is -2.47. The lowest BCUT2D eigenvalue weighted by atomic mass is 9.79. The van der Waals surface area contributed by atoms with Crippen LogP contribution in [0.4, 0.5) is 11.4 Å². The van der Waals surface area contributed by atoms with Crippen molar-refractivity contribution in [2.75, 3.05) is 11.4 Å². The lowest BCUT2D eigenvalue weighted by molar-refractivity contribution is 0.381. The molecule has 0 aromatic heterocycles. The first kappa shape index (κ1) is 16.8. The number of aliphatic imine (C=N–C) groups is 1. The summed E-state index contributed by atoms with van der Waals surface area (Å²) in [6, 6.07) is 14.8. The third kappa shape index (κ3) is 3.10. The van der Waals surface area contributed by atoms with Crippen molar-refractivity contribution in [1.29, 1.82) is 0 Å². The number of rotatable bonds is 3. The predicted molar refractivity (Wildman–Crippen MR) is 105 cm³/mol. The average molecular weight is 320 g/mol. The summed E-state index contributed by atoms with van der Waals surface area (Å²) < 4.78 is 0. The molecule has 0 bridgehead atoms. The largest absolute Gasteiger partial charge is 0.366 e. The van der Waals surface area contributed by atoms with Gasteiger partial charge in [0.1, 0.15) is 0 Å². The van der Waals surface area contributed by atoms with E-state index in [1.807, 2.05) is 36.5 Å². The van der Waals surface area contributed by atoms with Gasteiger partial charge in [-0.2, -0.15) is 0 Å². The van der Waals surface area contributed by atoms with Crippen molar-refractivity contribution in [1.82, 2.24) is 0 Å². The number of hydrogen-bond acceptors (Lipinski definition) is 2. The molecule has 2 nitrogen and oxygen atoms in total. The SMILES string of the molecule is CCN1c2cc(C)c(C=Nc3ccccc3)cc2C(C)CC1(C)C. The summed E-state index contributed by atoms with van der Waals surface area (Å²) in [7, 11) is 0. The molecule has 0 radical (unpaired) electrons. The molecule has 0 fully saturated rings. The Balaban J connectivity index is 2.01. The van der Waals surface area contributed by atoms with Crippen LogP contribution in [0, 0.1) is 6.92 Å². The standard InChI is InChI=1S/C22H28N2/c1-6-24-21-12-16(2)18(15-23-19-10-8-7-9-11-19)13-20(21)17(3)14-22(24,4)5/h7-13,15,17H,6,14H2,1-5H3. The van der Waals surface area contributed by atoms with E-state index in [4.69, 9.17) is 0 Å². The molecule has 24 heavy (non-hydrogen) atoms. The highest BCUT2D eigenvalue weighted by atomic mass is 15.2. The van der Waals surface area contributed by atoms with Gasteiger partial charge in [0.25, 0.3) is 0 Å². The maximum Gasteiger partial charge on any atom is 0.0629 e. The Morgan fingerprint density at radius 2 is 1.92 bits per heavy atom. The fourth-order valence-corrected chi connectivity index (χ4v) is 4.05. The van der Waals surface area contributed by atoms with Crippen LogP contribution in [0.15, 0.2) is 47.5 Å². The average Bonchev–Trinajstić information content (AvgIpc) is 2.54. The van der Waals surface area contributed by atoms with E-state index < -0.39 is 0 Å². The zero-order valence-corrected chi connectivity index (χ0v) is 15.5. The normalized spacial score (nSPS) is 19.5. The highest BCUT2D eigenvalue weighted by molar-refractivity contribution is 5.86. The Morgan fingerprint density at radius 1 is 1.21 bits per heavy atom. The van der Waals surface area contributed by atoms with Crippen LogP contribution < -0.4 is 4.90 Å². The third-order valence-electron chi connectivity index (χ3n) is 5.20. The molecule has 1 atom stereocenters. The van der Waals surface area contributed by atoms with E-state index in [0.29, 0.717) is 5.92 Å². The van der Waals surface area contributed by atoms with Gasteiger partial charge in [-0.3, -0.25) is 4.99 Å². The van der Waals surface area contributed by atoms with Gasteiger partial charge < -0.3 is 4.90 Å². The van der Waals surface area contributed by atoms with Crippen molar-refractivity contribution >= 4 is 17.6 Å². The van der Waals surface area contributed by atoms with E-state index in [-0.39, 0.29) is 5.54 Å². The Labute approximate surface area is 146 Å². The molecule has 0 saturated carbocycles. The maximum atomic E-state index is 4.64. The number of aryl methyl sites for hydroxylation is 1. The molecular weight excluding hydrogens is 292 g/mol. The minimum absolute atomic E-state index is 0.216. The summed E-state index contributed by atoms with van der Waals surface area (Å²) in [6.45, 7) is 12.5. The predicted octanol–water partition coefficient (Wildman–Crippen LogP) is 5.86. The van der Waals surface area contributed by atoms with E-state index >= 15 is 0 Å². The number of para-hydroxylation sites is 1. The summed E-state index contributed by atoms with van der Waals surface area (Å²) in [4.78, 5) is 7.19. The van der Waals surface area contributed by atoms with Crippen LogP contribution in [0.5, 0.6) is 0 Å². The molecule has 1 aliphatic rings. The van der Waals surface area contributed by atoms with Crippen molar-refractivity contribution in [3.8, 4) is 0 Å². The Morgan fingerprint density at radius 3 is 2.58 bits per heavy atom. The first-order valence-electron chi connectivity index (χ1n) is 8.93. The van der Waals surface area contributed by atoms with Gasteiger partial charge in [-0.05, 0) is 81.0 Å². The fraction of sp³-hybridized carbons (Fsp3) is 0.409. The van der Waals surface area contributed by atoms with Gasteiger partial charge in [-0.1, -0.05) is 25.1 Å². The van der Waals surface area contributed by atoms with Crippen molar-refractivity contribution in [3.05, 3.63) is 59.2 Å². The van der Waals surface area contributed by atoms with Crippen molar-refractivity contribution in [2.45, 2.75) is 52.5 Å². The summed E-state index contributed by atoms with van der Waals surface area (Å²) in [6.07, 6.45) is 3.19. The van der Waals surface area contributed by atoms with E-state index in [0.717, 1.165) is 12.2 Å². The van der Waals surface area contributed by atoms with Crippen LogP contribution in [-0.2, 0) is 0 Å². The first-order chi connectivity index (χ1) is 11.4. The number of benzene rings is 2. The van der Waals surface area contributed by atoms with Gasteiger partial charge in [0.05, 0.1) is 5.69 Å². The Kier molecular flexibility index (Phi) is 4.49. The number of hydrogen-bond donors (Lipinski definition) is 0. The number of anilines is 1. The molecule has 2 aromatic carbocycles. The molecule has 3 rings (SSSR count). The number of fused-ring (bicyclic) bond motifs is 1. The van der Waals surface area contributed by atoms with Crippen LogP contribution in [0.2, 0.25) is 0 Å². The fourth-order valence-electron chi connectivity index (χ4n) is 4.05. The number of nitrogens with zero attached hydrogens (tertiary/aromatic N) is 2. The third-order valence-corrected chi connectivity index (χ3v) is 5.20. The molecular formula is C22H28N2. The van der Waals surface area contributed by atoms with Crippen molar-refractivity contribution in [3.63, 3.8) is 0 Å². The molecule has 0 aliphatic carbocycles. The monoisotopic (exact) mass is 320 g/mol. The summed E-state index contributed by atoms with van der Waals surface area (Å²) >= 11 is 0. The second-order valence-electron chi connectivity index (χ2n) is 7.52. The molecule has 0 spiro atoms. The summed E-state index contributed by atoms with van der Waals surface area (Å²) in [5.41, 5.74) is 6.58. The van der Waals surface area contributed by atoms with E-state index in [9.17, 15) is 0 Å². The minimum atomic E-state index is 0.216. The van der Waals surface area contributed by atoms with E-state index in [2.05, 4.69) is 56.6 Å². The maximum absolute atomic E-state index is 4.64. The molecule has 126 valence electrons. The van der Waals surface area contributed by atoms with Gasteiger partial charge >= 0.3 is 0 Å². The zero-order chi connectivity index (χ0) is 17.3. The topological polar surface area (TPSA) is 15.6 Å². The zero-order valence-electron chi connectivity index (χ0n) is 15.5. The van der Waals surface area contributed by atoms with Gasteiger partial charge in [-0.25, -0.2) is 0 Å². The van der Waals surface area contributed by atoms with Crippen LogP contribution in [-0.4, -0.2) is 18.3 Å². The first-order valence-corrected chi connectivity index (χ1v) is 8.93. The quantitative estimate of drug-likeness (QED) is 0.647. The van der Waals surface area contributed by atoms with Gasteiger partial charge in [0.2, 0.25) is 0 Å². The van der Waals surface area contributed by atoms with Gasteiger partial charge in [0.15, 0.2) is 0 Å². The van der Waals surface area contributed by atoms with Crippen molar-refractivity contribution < 1.29 is 0 Å². The van der Waals surface area contributed by atoms with Gasteiger partial charge in [-0.15, -0.1) is 0 Å². The van der Waals surface area contributed by atoms with Gasteiger partial charge in [0, 0.05) is 24.0 Å². The second-order valence-corrected chi connectivity index (χ2v) is 7.52. The highest BCUT2D eigenvalue weighted by Crippen LogP contribution is 2.44. The second kappa shape index (κ2) is 6.43. The van der Waals surface area contributed by atoms with Crippen LogP contribution >= 0.6 is 0 Å². The van der Waals surface area contributed by atoms with E-state index in [1.165, 1.54) is 28.8 Å². The van der Waals surface area contributed by atoms with Crippen LogP contribution in [0.1, 0.15) is 56.7 Å². The molecule has 2 aromatic rings. The molecule has 1 heterocycles.